The minimum Gasteiger partial charge on any atom is -0.494 e. The lowest BCUT2D eigenvalue weighted by Crippen LogP contribution is -2.05. The van der Waals surface area contributed by atoms with Gasteiger partial charge in [0.2, 0.25) is 0 Å². The average molecular weight is 277 g/mol. The number of nitrogen functional groups attached to an aromatic ring is 1. The maximum atomic E-state index is 5.61. The quantitative estimate of drug-likeness (QED) is 0.664. The molecule has 0 saturated carbocycles. The molecule has 0 bridgehead atoms. The minimum atomic E-state index is 0.677. The fraction of sp³-hybridized carbons (Fsp3) is 0.357. The van der Waals surface area contributed by atoms with Crippen LogP contribution in [-0.4, -0.2) is 11.6 Å². The van der Waals surface area contributed by atoms with Crippen molar-refractivity contribution in [1.82, 2.24) is 4.98 Å². The summed E-state index contributed by atoms with van der Waals surface area (Å²) in [6, 6.07) is 4.20. The third kappa shape index (κ3) is 2.72. The third-order valence-corrected chi connectivity index (χ3v) is 3.90. The Morgan fingerprint density at radius 2 is 2.00 bits per heavy atom. The SMILES string of the molecule is CCOc1cc(C)c(-c2nc(NN)sc2C)cc1C. The van der Waals surface area contributed by atoms with Crippen LogP contribution in [0.2, 0.25) is 0 Å². The molecule has 19 heavy (non-hydrogen) atoms. The van der Waals surface area contributed by atoms with Crippen molar-refractivity contribution in [3.05, 3.63) is 28.1 Å². The van der Waals surface area contributed by atoms with Crippen LogP contribution in [0.3, 0.4) is 0 Å². The molecule has 2 aromatic rings. The molecule has 4 nitrogen and oxygen atoms in total. The molecule has 102 valence electrons. The van der Waals surface area contributed by atoms with E-state index in [9.17, 15) is 0 Å². The lowest BCUT2D eigenvalue weighted by atomic mass is 10.0. The summed E-state index contributed by atoms with van der Waals surface area (Å²) in [4.78, 5) is 5.67. The summed E-state index contributed by atoms with van der Waals surface area (Å²) in [5, 5.41) is 0.735. The lowest BCUT2D eigenvalue weighted by Gasteiger charge is -2.11. The molecule has 1 aromatic heterocycles. The van der Waals surface area contributed by atoms with Gasteiger partial charge in [0.15, 0.2) is 5.13 Å². The molecule has 1 aromatic carbocycles. The number of ether oxygens (including phenoxy) is 1. The second-order valence-corrected chi connectivity index (χ2v) is 5.64. The van der Waals surface area contributed by atoms with Crippen LogP contribution in [0.4, 0.5) is 5.13 Å². The zero-order valence-electron chi connectivity index (χ0n) is 11.7. The maximum absolute atomic E-state index is 5.61. The molecular formula is C14H19N3OS. The molecule has 0 fully saturated rings. The predicted octanol–water partition coefficient (Wildman–Crippen LogP) is 3.42. The molecule has 0 spiro atoms. The van der Waals surface area contributed by atoms with Gasteiger partial charge in [-0.2, -0.15) is 0 Å². The third-order valence-electron chi connectivity index (χ3n) is 3.00. The van der Waals surface area contributed by atoms with Crippen molar-refractivity contribution in [2.45, 2.75) is 27.7 Å². The molecule has 0 aliphatic carbocycles. The van der Waals surface area contributed by atoms with Crippen molar-refractivity contribution in [2.75, 3.05) is 12.0 Å². The first kappa shape index (κ1) is 13.8. The Morgan fingerprint density at radius 1 is 1.26 bits per heavy atom. The van der Waals surface area contributed by atoms with E-state index in [1.807, 2.05) is 6.92 Å². The predicted molar refractivity (Wildman–Crippen MR) is 80.7 cm³/mol. The van der Waals surface area contributed by atoms with Crippen LogP contribution in [0.1, 0.15) is 22.9 Å². The number of nitrogens with two attached hydrogens (primary N) is 1. The van der Waals surface area contributed by atoms with Crippen molar-refractivity contribution >= 4 is 16.5 Å². The number of thiazole rings is 1. The molecule has 3 N–H and O–H groups in total. The first-order valence-electron chi connectivity index (χ1n) is 6.25. The van der Waals surface area contributed by atoms with Crippen LogP contribution in [0.15, 0.2) is 12.1 Å². The standard InChI is InChI=1S/C14H19N3OS/c1-5-18-12-7-8(2)11(6-9(12)3)13-10(4)19-14(16-13)17-15/h6-7H,5,15H2,1-4H3,(H,16,17). The average Bonchev–Trinajstić information content (AvgIpc) is 2.75. The van der Waals surface area contributed by atoms with Gasteiger partial charge in [-0.25, -0.2) is 10.8 Å². The Balaban J connectivity index is 2.50. The monoisotopic (exact) mass is 277 g/mol. The number of nitrogens with zero attached hydrogens (tertiary/aromatic N) is 1. The van der Waals surface area contributed by atoms with Gasteiger partial charge in [0.1, 0.15) is 5.75 Å². The van der Waals surface area contributed by atoms with E-state index < -0.39 is 0 Å². The number of rotatable bonds is 4. The highest BCUT2D eigenvalue weighted by Gasteiger charge is 2.13. The van der Waals surface area contributed by atoms with Gasteiger partial charge in [0.25, 0.3) is 0 Å². The zero-order valence-corrected chi connectivity index (χ0v) is 12.5. The molecule has 5 heteroatoms. The molecule has 0 atom stereocenters. The molecule has 0 radical (unpaired) electrons. The van der Waals surface area contributed by atoms with Crippen LogP contribution in [0.5, 0.6) is 5.75 Å². The van der Waals surface area contributed by atoms with Gasteiger partial charge >= 0.3 is 0 Å². The number of hydrogen-bond acceptors (Lipinski definition) is 5. The van der Waals surface area contributed by atoms with Crippen molar-refractivity contribution < 1.29 is 4.74 Å². The van der Waals surface area contributed by atoms with Gasteiger partial charge in [0.05, 0.1) is 12.3 Å². The summed E-state index contributed by atoms with van der Waals surface area (Å²) in [5.41, 5.74) is 7.01. The van der Waals surface area contributed by atoms with Crippen LogP contribution in [-0.2, 0) is 0 Å². The number of aromatic nitrogens is 1. The van der Waals surface area contributed by atoms with E-state index in [1.54, 1.807) is 11.3 Å². The highest BCUT2D eigenvalue weighted by Crippen LogP contribution is 2.34. The van der Waals surface area contributed by atoms with Gasteiger partial charge in [-0.05, 0) is 51.0 Å². The van der Waals surface area contributed by atoms with Crippen LogP contribution < -0.4 is 16.0 Å². The Labute approximate surface area is 117 Å². The molecule has 0 aliphatic heterocycles. The fourth-order valence-corrected chi connectivity index (χ4v) is 2.80. The highest BCUT2D eigenvalue weighted by atomic mass is 32.1. The Bertz CT molecular complexity index is 593. The number of hydrazine groups is 1. The van der Waals surface area contributed by atoms with E-state index in [-0.39, 0.29) is 0 Å². The Hall–Kier alpha value is -1.59. The first-order valence-corrected chi connectivity index (χ1v) is 7.07. The Morgan fingerprint density at radius 3 is 2.58 bits per heavy atom. The number of aryl methyl sites for hydroxylation is 3. The molecule has 0 aliphatic rings. The second kappa shape index (κ2) is 5.59. The topological polar surface area (TPSA) is 60.2 Å². The van der Waals surface area contributed by atoms with Gasteiger partial charge in [-0.15, -0.1) is 11.3 Å². The second-order valence-electron chi connectivity index (χ2n) is 4.43. The summed E-state index contributed by atoms with van der Waals surface area (Å²) < 4.78 is 5.61. The van der Waals surface area contributed by atoms with E-state index >= 15 is 0 Å². The zero-order chi connectivity index (χ0) is 14.0. The van der Waals surface area contributed by atoms with Gasteiger partial charge in [0, 0.05) is 10.4 Å². The van der Waals surface area contributed by atoms with Gasteiger partial charge < -0.3 is 4.74 Å². The first-order chi connectivity index (χ1) is 9.06. The fourth-order valence-electron chi connectivity index (χ4n) is 2.06. The molecule has 0 unspecified atom stereocenters. The Kier molecular flexibility index (Phi) is 4.07. The number of benzene rings is 1. The number of hydrogen-bond donors (Lipinski definition) is 2. The lowest BCUT2D eigenvalue weighted by molar-refractivity contribution is 0.337. The normalized spacial score (nSPS) is 10.6. The smallest absolute Gasteiger partial charge is 0.197 e. The summed E-state index contributed by atoms with van der Waals surface area (Å²) in [6.45, 7) is 8.85. The van der Waals surface area contributed by atoms with E-state index in [0.29, 0.717) is 6.61 Å². The minimum absolute atomic E-state index is 0.677. The van der Waals surface area contributed by atoms with Crippen molar-refractivity contribution in [3.8, 4) is 17.0 Å². The van der Waals surface area contributed by atoms with Crippen LogP contribution >= 0.6 is 11.3 Å². The van der Waals surface area contributed by atoms with E-state index in [1.165, 1.54) is 0 Å². The molecule has 0 amide bonds. The summed E-state index contributed by atoms with van der Waals surface area (Å²) in [7, 11) is 0. The van der Waals surface area contributed by atoms with E-state index in [4.69, 9.17) is 10.6 Å². The van der Waals surface area contributed by atoms with Crippen molar-refractivity contribution in [3.63, 3.8) is 0 Å². The largest absolute Gasteiger partial charge is 0.494 e. The highest BCUT2D eigenvalue weighted by molar-refractivity contribution is 7.15. The van der Waals surface area contributed by atoms with Crippen molar-refractivity contribution in [1.29, 1.82) is 0 Å². The van der Waals surface area contributed by atoms with E-state index in [0.717, 1.165) is 38.1 Å². The van der Waals surface area contributed by atoms with E-state index in [2.05, 4.69) is 43.3 Å². The summed E-state index contributed by atoms with van der Waals surface area (Å²) >= 11 is 1.56. The van der Waals surface area contributed by atoms with Gasteiger partial charge in [-0.1, -0.05) is 0 Å². The van der Waals surface area contributed by atoms with Gasteiger partial charge in [-0.3, -0.25) is 5.43 Å². The number of nitrogens with one attached hydrogen (secondary N) is 1. The molecule has 0 saturated heterocycles. The van der Waals surface area contributed by atoms with Crippen LogP contribution in [0.25, 0.3) is 11.3 Å². The summed E-state index contributed by atoms with van der Waals surface area (Å²) in [6.07, 6.45) is 0. The van der Waals surface area contributed by atoms with Crippen molar-refractivity contribution in [2.24, 2.45) is 5.84 Å². The summed E-state index contributed by atoms with van der Waals surface area (Å²) in [5.74, 6) is 6.36. The molecule has 2 rings (SSSR count). The molecule has 1 heterocycles. The molecular weight excluding hydrogens is 258 g/mol. The maximum Gasteiger partial charge on any atom is 0.197 e. The number of anilines is 1. The van der Waals surface area contributed by atoms with Crippen LogP contribution in [0, 0.1) is 20.8 Å².